The normalized spacial score (nSPS) is 24.9. The molecule has 4 rings (SSSR count). The highest BCUT2D eigenvalue weighted by Crippen LogP contribution is 2.49. The molecule has 8 heteroatoms. The number of hydrogen-bond acceptors (Lipinski definition) is 5. The average Bonchev–Trinajstić information content (AvgIpc) is 3.39. The van der Waals surface area contributed by atoms with Crippen molar-refractivity contribution >= 4 is 23.2 Å². The van der Waals surface area contributed by atoms with Crippen LogP contribution in [-0.2, 0) is 16.1 Å². The van der Waals surface area contributed by atoms with E-state index in [1.807, 2.05) is 34.6 Å². The molecule has 28 heavy (non-hydrogen) atoms. The van der Waals surface area contributed by atoms with Crippen LogP contribution in [0.15, 0.2) is 17.9 Å². The number of imidazole rings is 1. The van der Waals surface area contributed by atoms with Crippen molar-refractivity contribution in [2.45, 2.75) is 52.6 Å². The molecule has 2 aromatic rings. The fraction of sp³-hybridized carbons (Fsp3) is 0.600. The summed E-state index contributed by atoms with van der Waals surface area (Å²) in [5, 5.41) is 3.03. The summed E-state index contributed by atoms with van der Waals surface area (Å²) < 4.78 is 2.06. The Labute approximate surface area is 169 Å². The molecule has 7 nitrogen and oxygen atoms in total. The van der Waals surface area contributed by atoms with Gasteiger partial charge in [0, 0.05) is 50.1 Å². The van der Waals surface area contributed by atoms with E-state index in [2.05, 4.69) is 28.4 Å². The van der Waals surface area contributed by atoms with Crippen molar-refractivity contribution in [2.24, 2.45) is 5.41 Å². The molecule has 2 saturated heterocycles. The molecule has 2 amide bonds. The van der Waals surface area contributed by atoms with Gasteiger partial charge in [0.2, 0.25) is 11.8 Å². The van der Waals surface area contributed by atoms with E-state index in [0.717, 1.165) is 22.8 Å². The van der Waals surface area contributed by atoms with Gasteiger partial charge in [0.15, 0.2) is 0 Å². The van der Waals surface area contributed by atoms with E-state index in [1.54, 1.807) is 18.3 Å². The van der Waals surface area contributed by atoms with Crippen LogP contribution >= 0.6 is 11.3 Å². The molecule has 0 saturated carbocycles. The highest BCUT2D eigenvalue weighted by molar-refractivity contribution is 7.09. The van der Waals surface area contributed by atoms with Gasteiger partial charge in [0.1, 0.15) is 0 Å². The summed E-state index contributed by atoms with van der Waals surface area (Å²) in [5.74, 6) is 0.0867. The molecular formula is C20H27N5O2S. The quantitative estimate of drug-likeness (QED) is 0.790. The second-order valence-corrected chi connectivity index (χ2v) is 9.34. The molecule has 0 aromatic carbocycles. The van der Waals surface area contributed by atoms with Gasteiger partial charge in [-0.15, -0.1) is 11.3 Å². The van der Waals surface area contributed by atoms with Gasteiger partial charge in [-0.05, 0) is 27.2 Å². The number of rotatable bonds is 4. The number of carbonyl (C=O) groups is 2. The van der Waals surface area contributed by atoms with Crippen LogP contribution in [0.2, 0.25) is 0 Å². The maximum absolute atomic E-state index is 13.6. The highest BCUT2D eigenvalue weighted by atomic mass is 32.1. The van der Waals surface area contributed by atoms with Gasteiger partial charge < -0.3 is 14.4 Å². The van der Waals surface area contributed by atoms with E-state index in [9.17, 15) is 9.59 Å². The zero-order valence-corrected chi connectivity index (χ0v) is 17.7. The standard InChI is InChI=1S/C20H27N5O2S/c1-13(2)25-9-18(21-12-25)17-8-24(15(4)26)11-20(17)5-6-23(19(20)27)7-16-10-28-14(3)22-16/h9-10,12-13,17H,5-8,11H2,1-4H3. The molecular weight excluding hydrogens is 374 g/mol. The number of hydrogen-bond donors (Lipinski definition) is 0. The monoisotopic (exact) mass is 401 g/mol. The Kier molecular flexibility index (Phi) is 4.77. The molecule has 0 bridgehead atoms. The molecule has 1 spiro atoms. The largest absolute Gasteiger partial charge is 0.341 e. The second kappa shape index (κ2) is 6.99. The van der Waals surface area contributed by atoms with Crippen LogP contribution < -0.4 is 0 Å². The average molecular weight is 402 g/mol. The number of likely N-dealkylation sites (tertiary alicyclic amines) is 2. The molecule has 4 heterocycles. The molecule has 150 valence electrons. The molecule has 2 aliphatic heterocycles. The number of amides is 2. The maximum atomic E-state index is 13.6. The molecule has 0 radical (unpaired) electrons. The van der Waals surface area contributed by atoms with Crippen molar-refractivity contribution in [2.75, 3.05) is 19.6 Å². The van der Waals surface area contributed by atoms with Gasteiger partial charge in [0.25, 0.3) is 0 Å². The molecule has 2 atom stereocenters. The Morgan fingerprint density at radius 2 is 2.21 bits per heavy atom. The smallest absolute Gasteiger partial charge is 0.231 e. The topological polar surface area (TPSA) is 71.3 Å². The summed E-state index contributed by atoms with van der Waals surface area (Å²) in [6.45, 7) is 10.0. The lowest BCUT2D eigenvalue weighted by molar-refractivity contribution is -0.137. The van der Waals surface area contributed by atoms with Gasteiger partial charge in [0.05, 0.1) is 34.7 Å². The number of aromatic nitrogens is 3. The third-order valence-corrected chi connectivity index (χ3v) is 6.95. The fourth-order valence-electron chi connectivity index (χ4n) is 4.50. The second-order valence-electron chi connectivity index (χ2n) is 8.28. The molecule has 2 unspecified atom stereocenters. The first-order valence-electron chi connectivity index (χ1n) is 9.79. The van der Waals surface area contributed by atoms with Crippen molar-refractivity contribution < 1.29 is 9.59 Å². The molecule has 2 aromatic heterocycles. The summed E-state index contributed by atoms with van der Waals surface area (Å²) >= 11 is 1.61. The van der Waals surface area contributed by atoms with Crippen molar-refractivity contribution in [1.82, 2.24) is 24.3 Å². The van der Waals surface area contributed by atoms with Gasteiger partial charge in [-0.3, -0.25) is 9.59 Å². The zero-order valence-electron chi connectivity index (χ0n) is 16.9. The minimum absolute atomic E-state index is 0.0199. The van der Waals surface area contributed by atoms with Crippen LogP contribution in [0.1, 0.15) is 55.5 Å². The summed E-state index contributed by atoms with van der Waals surface area (Å²) in [7, 11) is 0. The summed E-state index contributed by atoms with van der Waals surface area (Å²) in [4.78, 5) is 38.5. The minimum atomic E-state index is -0.576. The Morgan fingerprint density at radius 1 is 1.43 bits per heavy atom. The molecule has 2 aliphatic rings. The Balaban J connectivity index is 1.63. The van der Waals surface area contributed by atoms with Crippen LogP contribution in [0.4, 0.5) is 0 Å². The van der Waals surface area contributed by atoms with E-state index in [0.29, 0.717) is 32.2 Å². The van der Waals surface area contributed by atoms with Gasteiger partial charge >= 0.3 is 0 Å². The number of nitrogens with zero attached hydrogens (tertiary/aromatic N) is 5. The Hall–Kier alpha value is -2.22. The summed E-state index contributed by atoms with van der Waals surface area (Å²) in [6, 6.07) is 0.311. The number of carbonyl (C=O) groups excluding carboxylic acids is 2. The first-order valence-corrected chi connectivity index (χ1v) is 10.7. The molecule has 0 N–H and O–H groups in total. The summed E-state index contributed by atoms with van der Waals surface area (Å²) in [5.41, 5.74) is 1.28. The minimum Gasteiger partial charge on any atom is -0.341 e. The lowest BCUT2D eigenvalue weighted by Crippen LogP contribution is -2.40. The van der Waals surface area contributed by atoms with Gasteiger partial charge in [-0.1, -0.05) is 0 Å². The lowest BCUT2D eigenvalue weighted by atomic mass is 9.75. The lowest BCUT2D eigenvalue weighted by Gasteiger charge is -2.27. The first-order chi connectivity index (χ1) is 13.3. The third kappa shape index (κ3) is 3.13. The van der Waals surface area contributed by atoms with E-state index in [4.69, 9.17) is 0 Å². The van der Waals surface area contributed by atoms with E-state index in [1.165, 1.54) is 0 Å². The van der Waals surface area contributed by atoms with E-state index in [-0.39, 0.29) is 17.7 Å². The van der Waals surface area contributed by atoms with Crippen molar-refractivity contribution in [1.29, 1.82) is 0 Å². The zero-order chi connectivity index (χ0) is 20.1. The van der Waals surface area contributed by atoms with Gasteiger partial charge in [-0.2, -0.15) is 0 Å². The molecule has 2 fully saturated rings. The van der Waals surface area contributed by atoms with E-state index < -0.39 is 5.41 Å². The van der Waals surface area contributed by atoms with Crippen molar-refractivity contribution in [3.05, 3.63) is 34.3 Å². The Bertz CT molecular complexity index is 904. The van der Waals surface area contributed by atoms with Crippen LogP contribution in [0.25, 0.3) is 0 Å². The SMILES string of the molecule is CC(=O)N1CC(c2cn(C(C)C)cn2)C2(CCN(Cc3csc(C)n3)C2=O)C1. The van der Waals surface area contributed by atoms with Gasteiger partial charge in [-0.25, -0.2) is 9.97 Å². The van der Waals surface area contributed by atoms with Crippen molar-refractivity contribution in [3.8, 4) is 0 Å². The predicted molar refractivity (Wildman–Crippen MR) is 107 cm³/mol. The fourth-order valence-corrected chi connectivity index (χ4v) is 5.10. The van der Waals surface area contributed by atoms with Crippen LogP contribution in [-0.4, -0.2) is 55.8 Å². The molecule has 0 aliphatic carbocycles. The van der Waals surface area contributed by atoms with Crippen LogP contribution in [0.5, 0.6) is 0 Å². The van der Waals surface area contributed by atoms with Crippen LogP contribution in [0, 0.1) is 12.3 Å². The van der Waals surface area contributed by atoms with Crippen molar-refractivity contribution in [3.63, 3.8) is 0 Å². The maximum Gasteiger partial charge on any atom is 0.231 e. The Morgan fingerprint density at radius 3 is 2.82 bits per heavy atom. The number of thiazole rings is 1. The predicted octanol–water partition coefficient (Wildman–Crippen LogP) is 2.59. The van der Waals surface area contributed by atoms with E-state index >= 15 is 0 Å². The third-order valence-electron chi connectivity index (χ3n) is 6.12. The summed E-state index contributed by atoms with van der Waals surface area (Å²) in [6.07, 6.45) is 4.62. The first kappa shape index (κ1) is 19.1. The number of aryl methyl sites for hydroxylation is 1. The van der Waals surface area contributed by atoms with Crippen LogP contribution in [0.3, 0.4) is 0 Å². The highest BCUT2D eigenvalue weighted by Gasteiger charge is 2.58.